The Hall–Kier alpha value is -2.90. The Bertz CT molecular complexity index is 782. The minimum Gasteiger partial charge on any atom is -0.382 e. The van der Waals surface area contributed by atoms with E-state index in [-0.39, 0.29) is 25.5 Å². The molecule has 3 aromatic rings. The molecule has 0 aliphatic rings. The first kappa shape index (κ1) is 14.5. The molecule has 0 spiro atoms. The van der Waals surface area contributed by atoms with Crippen molar-refractivity contribution >= 4 is 16.9 Å². The van der Waals surface area contributed by atoms with Gasteiger partial charge in [0.05, 0.1) is 11.6 Å². The lowest BCUT2D eigenvalue weighted by atomic mass is 10.2. The minimum atomic E-state index is -0.504. The van der Waals surface area contributed by atoms with E-state index in [0.717, 1.165) is 6.20 Å². The van der Waals surface area contributed by atoms with E-state index in [9.17, 15) is 4.39 Å². The van der Waals surface area contributed by atoms with Crippen molar-refractivity contribution in [3.8, 4) is 0 Å². The molecule has 3 aromatic heterocycles. The Morgan fingerprint density at radius 2 is 2.00 bits per heavy atom. The van der Waals surface area contributed by atoms with Gasteiger partial charge in [0.2, 0.25) is 0 Å². The summed E-state index contributed by atoms with van der Waals surface area (Å²) in [4.78, 5) is 12.2. The zero-order valence-electron chi connectivity index (χ0n) is 10.3. The van der Waals surface area contributed by atoms with Gasteiger partial charge in [-0.05, 0) is 12.1 Å². The van der Waals surface area contributed by atoms with E-state index >= 15 is 0 Å². The van der Waals surface area contributed by atoms with Crippen LogP contribution in [0.3, 0.4) is 0 Å². The van der Waals surface area contributed by atoms with Gasteiger partial charge in [0.15, 0.2) is 5.65 Å². The average Bonchev–Trinajstić information content (AvgIpc) is 2.78. The molecule has 3 rings (SSSR count). The van der Waals surface area contributed by atoms with Crippen molar-refractivity contribution in [3.05, 3.63) is 48.1 Å². The summed E-state index contributed by atoms with van der Waals surface area (Å²) in [6, 6.07) is 2.97. The van der Waals surface area contributed by atoms with Crippen LogP contribution in [0, 0.1) is 11.2 Å². The molecule has 0 aliphatic heterocycles. The van der Waals surface area contributed by atoms with Gasteiger partial charge >= 0.3 is 0 Å². The predicted molar refractivity (Wildman–Crippen MR) is 76.4 cm³/mol. The van der Waals surface area contributed by atoms with Crippen LogP contribution in [-0.4, -0.2) is 30.6 Å². The van der Waals surface area contributed by atoms with Gasteiger partial charge in [0.1, 0.15) is 29.7 Å². The molecule has 0 unspecified atom stereocenters. The van der Waals surface area contributed by atoms with Crippen molar-refractivity contribution in [2.24, 2.45) is 5.73 Å². The number of pyridine rings is 1. The number of aromatic nitrogens is 5. The molecule has 0 radical (unpaired) electrons. The van der Waals surface area contributed by atoms with Crippen molar-refractivity contribution in [2.75, 3.05) is 0 Å². The van der Waals surface area contributed by atoms with Crippen molar-refractivity contribution < 1.29 is 4.39 Å². The van der Waals surface area contributed by atoms with Crippen LogP contribution in [0.1, 0.15) is 18.9 Å². The van der Waals surface area contributed by atoms with Crippen LogP contribution in [0.5, 0.6) is 0 Å². The summed E-state index contributed by atoms with van der Waals surface area (Å²) in [6.45, 7) is 0.267. The van der Waals surface area contributed by atoms with Crippen LogP contribution in [0.4, 0.5) is 4.39 Å². The summed E-state index contributed by atoms with van der Waals surface area (Å²) in [5.74, 6) is -0.205. The number of amidine groups is 1. The Labute approximate surface area is 120 Å². The Balaban J connectivity index is 0.00000161. The smallest absolute Gasteiger partial charge is 0.159 e. The maximum Gasteiger partial charge on any atom is 0.159 e. The predicted octanol–water partition coefficient (Wildman–Crippen LogP) is 1.33. The highest BCUT2D eigenvalue weighted by atomic mass is 19.1. The molecule has 0 aliphatic carbocycles. The second-order valence-corrected chi connectivity index (χ2v) is 4.11. The van der Waals surface area contributed by atoms with Gasteiger partial charge in [-0.3, -0.25) is 5.41 Å². The molecule has 8 heteroatoms. The molecule has 0 amide bonds. The highest BCUT2D eigenvalue weighted by molar-refractivity contribution is 6.04. The third-order valence-electron chi connectivity index (χ3n) is 2.72. The SMILES string of the molecule is C.N=C(N)c1nn(Cc2ncccn2)c2ncc(F)cc12. The van der Waals surface area contributed by atoms with E-state index in [1.165, 1.54) is 10.7 Å². The number of halogens is 1. The number of hydrogen-bond acceptors (Lipinski definition) is 5. The number of hydrogen-bond donors (Lipinski definition) is 2. The Kier molecular flexibility index (Phi) is 3.88. The summed E-state index contributed by atoms with van der Waals surface area (Å²) in [5.41, 5.74) is 6.09. The summed E-state index contributed by atoms with van der Waals surface area (Å²) in [7, 11) is 0. The van der Waals surface area contributed by atoms with Crippen molar-refractivity contribution in [1.82, 2.24) is 24.7 Å². The number of nitrogen functional groups attached to an aromatic ring is 1. The normalized spacial score (nSPS) is 10.3. The highest BCUT2D eigenvalue weighted by Gasteiger charge is 2.15. The number of rotatable bonds is 3. The molecule has 3 heterocycles. The van der Waals surface area contributed by atoms with E-state index < -0.39 is 5.82 Å². The molecule has 0 saturated heterocycles. The fourth-order valence-corrected chi connectivity index (χ4v) is 1.89. The summed E-state index contributed by atoms with van der Waals surface area (Å²) >= 11 is 0. The van der Waals surface area contributed by atoms with Crippen LogP contribution in [0.2, 0.25) is 0 Å². The van der Waals surface area contributed by atoms with Crippen molar-refractivity contribution in [3.63, 3.8) is 0 Å². The third kappa shape index (κ3) is 2.69. The topological polar surface area (TPSA) is 106 Å². The number of fused-ring (bicyclic) bond motifs is 1. The second kappa shape index (κ2) is 5.61. The zero-order valence-corrected chi connectivity index (χ0v) is 10.3. The molecule has 0 fully saturated rings. The lowest BCUT2D eigenvalue weighted by Crippen LogP contribution is -2.13. The molecule has 0 bridgehead atoms. The van der Waals surface area contributed by atoms with E-state index in [4.69, 9.17) is 11.1 Å². The fourth-order valence-electron chi connectivity index (χ4n) is 1.89. The van der Waals surface area contributed by atoms with Crippen LogP contribution < -0.4 is 5.73 Å². The molecule has 0 aromatic carbocycles. The molecule has 7 nitrogen and oxygen atoms in total. The highest BCUT2D eigenvalue weighted by Crippen LogP contribution is 2.17. The maximum absolute atomic E-state index is 13.3. The lowest BCUT2D eigenvalue weighted by molar-refractivity contribution is 0.622. The van der Waals surface area contributed by atoms with Crippen LogP contribution in [0.25, 0.3) is 11.0 Å². The third-order valence-corrected chi connectivity index (χ3v) is 2.72. The van der Waals surface area contributed by atoms with Gasteiger partial charge in [-0.1, -0.05) is 7.43 Å². The Morgan fingerprint density at radius 3 is 2.67 bits per heavy atom. The first-order valence-electron chi connectivity index (χ1n) is 5.77. The minimum absolute atomic E-state index is 0. The molecule has 108 valence electrons. The van der Waals surface area contributed by atoms with Crippen molar-refractivity contribution in [1.29, 1.82) is 5.41 Å². The van der Waals surface area contributed by atoms with E-state index in [1.807, 2.05) is 0 Å². The van der Waals surface area contributed by atoms with Gasteiger partial charge in [0, 0.05) is 12.4 Å². The number of nitrogens with one attached hydrogen (secondary N) is 1. The molecular formula is C13H14FN7. The van der Waals surface area contributed by atoms with Crippen LogP contribution in [-0.2, 0) is 6.54 Å². The lowest BCUT2D eigenvalue weighted by Gasteiger charge is -2.00. The van der Waals surface area contributed by atoms with Gasteiger partial charge in [-0.15, -0.1) is 0 Å². The largest absolute Gasteiger partial charge is 0.382 e. The Morgan fingerprint density at radius 1 is 1.29 bits per heavy atom. The van der Waals surface area contributed by atoms with Crippen molar-refractivity contribution in [2.45, 2.75) is 14.0 Å². The van der Waals surface area contributed by atoms with E-state index in [0.29, 0.717) is 16.9 Å². The molecule has 3 N–H and O–H groups in total. The van der Waals surface area contributed by atoms with E-state index in [1.54, 1.807) is 18.5 Å². The first-order valence-corrected chi connectivity index (χ1v) is 5.77. The number of nitrogens with zero attached hydrogens (tertiary/aromatic N) is 5. The average molecular weight is 287 g/mol. The second-order valence-electron chi connectivity index (χ2n) is 4.11. The summed E-state index contributed by atoms with van der Waals surface area (Å²) in [5, 5.41) is 12.1. The quantitative estimate of drug-likeness (QED) is 0.558. The van der Waals surface area contributed by atoms with Gasteiger partial charge in [-0.2, -0.15) is 5.10 Å². The molecule has 0 saturated carbocycles. The van der Waals surface area contributed by atoms with Crippen LogP contribution in [0.15, 0.2) is 30.7 Å². The molecular weight excluding hydrogens is 273 g/mol. The van der Waals surface area contributed by atoms with Crippen LogP contribution >= 0.6 is 0 Å². The van der Waals surface area contributed by atoms with E-state index in [2.05, 4.69) is 20.1 Å². The summed E-state index contributed by atoms with van der Waals surface area (Å²) in [6.07, 6.45) is 4.33. The number of nitrogens with two attached hydrogens (primary N) is 1. The zero-order chi connectivity index (χ0) is 14.1. The van der Waals surface area contributed by atoms with Gasteiger partial charge in [0.25, 0.3) is 0 Å². The first-order chi connectivity index (χ1) is 9.65. The fraction of sp³-hybridized carbons (Fsp3) is 0.154. The molecule has 21 heavy (non-hydrogen) atoms. The van der Waals surface area contributed by atoms with Gasteiger partial charge < -0.3 is 5.73 Å². The maximum atomic E-state index is 13.3. The summed E-state index contributed by atoms with van der Waals surface area (Å²) < 4.78 is 14.8. The van der Waals surface area contributed by atoms with Gasteiger partial charge in [-0.25, -0.2) is 24.0 Å². The monoisotopic (exact) mass is 287 g/mol. The molecule has 0 atom stereocenters. The standard InChI is InChI=1S/C12H10FN7.CH4/c13-7-4-8-10(11(14)15)19-20(12(8)18-5-7)6-9-16-2-1-3-17-9;/h1-5H,6H2,(H3,14,15);1H4.